The summed E-state index contributed by atoms with van der Waals surface area (Å²) in [6, 6.07) is 1.45. The minimum atomic E-state index is -0.836. The zero-order valence-electron chi connectivity index (χ0n) is 8.21. The van der Waals surface area contributed by atoms with E-state index >= 15 is 0 Å². The Hall–Kier alpha value is 0.217. The van der Waals surface area contributed by atoms with Gasteiger partial charge >= 0.3 is 0 Å². The maximum Gasteiger partial charge on any atom is 0.0620 e. The molecule has 0 atom stereocenters. The summed E-state index contributed by atoms with van der Waals surface area (Å²) >= 11 is 0. The fraction of sp³-hybridized carbons (Fsp3) is 1.00. The van der Waals surface area contributed by atoms with Crippen LogP contribution in [0.5, 0.6) is 0 Å². The third kappa shape index (κ3) is 0.538. The highest BCUT2D eigenvalue weighted by molar-refractivity contribution is 6.95. The van der Waals surface area contributed by atoms with E-state index in [1.54, 1.807) is 0 Å². The molecule has 1 heterocycles. The van der Waals surface area contributed by atoms with E-state index in [1.807, 2.05) is 0 Å². The molecule has 0 aromatic rings. The number of hydrogen-bond donors (Lipinski definition) is 0. The fourth-order valence-electron chi connectivity index (χ4n) is 2.59. The largest absolute Gasteiger partial charge is 0.0684 e. The first-order chi connectivity index (χ1) is 4.31. The van der Waals surface area contributed by atoms with E-state index in [0.717, 1.165) is 0 Å². The molecule has 1 aliphatic heterocycles. The lowest BCUT2D eigenvalue weighted by molar-refractivity contribution is 0.628. The Kier molecular flexibility index (Phi) is 1.40. The molecule has 60 valence electrons. The molecule has 0 saturated carbocycles. The average molecular weight is 156 g/mol. The van der Waals surface area contributed by atoms with Crippen LogP contribution in [0.1, 0.15) is 34.6 Å². The molecular formula is C9H20Si. The van der Waals surface area contributed by atoms with Crippen molar-refractivity contribution < 1.29 is 0 Å². The summed E-state index contributed by atoms with van der Waals surface area (Å²) in [5.41, 5.74) is 0. The molecule has 1 fully saturated rings. The Bertz CT molecular complexity index is 142. The van der Waals surface area contributed by atoms with Gasteiger partial charge in [0.2, 0.25) is 0 Å². The van der Waals surface area contributed by atoms with E-state index in [0.29, 0.717) is 10.1 Å². The Morgan fingerprint density at radius 2 is 1.30 bits per heavy atom. The van der Waals surface area contributed by atoms with E-state index in [1.165, 1.54) is 6.04 Å². The third-order valence-electron chi connectivity index (χ3n) is 4.97. The van der Waals surface area contributed by atoms with Crippen LogP contribution in [0, 0.1) is 0 Å². The second-order valence-electron chi connectivity index (χ2n) is 4.94. The topological polar surface area (TPSA) is 0 Å². The van der Waals surface area contributed by atoms with Gasteiger partial charge in [0, 0.05) is 0 Å². The summed E-state index contributed by atoms with van der Waals surface area (Å²) in [6.07, 6.45) is 0. The zero-order valence-corrected chi connectivity index (χ0v) is 9.21. The summed E-state index contributed by atoms with van der Waals surface area (Å²) in [6.45, 7) is 14.7. The van der Waals surface area contributed by atoms with Crippen LogP contribution in [-0.2, 0) is 0 Å². The van der Waals surface area contributed by atoms with Gasteiger partial charge in [0.15, 0.2) is 0 Å². The molecule has 1 saturated heterocycles. The van der Waals surface area contributed by atoms with Crippen molar-refractivity contribution in [3.63, 3.8) is 0 Å². The molecule has 0 aromatic heterocycles. The smallest absolute Gasteiger partial charge is 0.0620 e. The van der Waals surface area contributed by atoms with Gasteiger partial charge in [-0.2, -0.15) is 0 Å². The second kappa shape index (κ2) is 1.69. The van der Waals surface area contributed by atoms with Crippen molar-refractivity contribution in [1.29, 1.82) is 0 Å². The summed E-state index contributed by atoms with van der Waals surface area (Å²) in [5.74, 6) is 0. The van der Waals surface area contributed by atoms with E-state index in [-0.39, 0.29) is 0 Å². The summed E-state index contributed by atoms with van der Waals surface area (Å²) in [7, 11) is -0.836. The molecule has 1 rings (SSSR count). The second-order valence-corrected chi connectivity index (χ2v) is 10.8. The highest BCUT2D eigenvalue weighted by atomic mass is 28.3. The normalized spacial score (nSPS) is 31.8. The highest BCUT2D eigenvalue weighted by Crippen LogP contribution is 2.82. The maximum atomic E-state index is 2.55. The van der Waals surface area contributed by atoms with Gasteiger partial charge in [0.05, 0.1) is 8.07 Å². The predicted molar refractivity (Wildman–Crippen MR) is 50.2 cm³/mol. The monoisotopic (exact) mass is 156 g/mol. The van der Waals surface area contributed by atoms with E-state index in [2.05, 4.69) is 41.2 Å². The lowest BCUT2D eigenvalue weighted by atomic mass is 10.0. The van der Waals surface area contributed by atoms with Gasteiger partial charge in [-0.1, -0.05) is 47.2 Å². The molecule has 0 aromatic carbocycles. The molecule has 0 nitrogen and oxygen atoms in total. The zero-order chi connectivity index (χ0) is 8.21. The molecular weight excluding hydrogens is 136 g/mol. The molecule has 0 unspecified atom stereocenters. The van der Waals surface area contributed by atoms with Crippen molar-refractivity contribution in [3.05, 3.63) is 0 Å². The lowest BCUT2D eigenvalue weighted by Gasteiger charge is -2.07. The molecule has 0 bridgehead atoms. The molecule has 0 amide bonds. The first kappa shape index (κ1) is 8.31. The predicted octanol–water partition coefficient (Wildman–Crippen LogP) is 3.66. The van der Waals surface area contributed by atoms with E-state index in [9.17, 15) is 0 Å². The number of rotatable bonds is 1. The Morgan fingerprint density at radius 3 is 1.30 bits per heavy atom. The molecule has 1 heteroatoms. The molecule has 0 N–H and O–H groups in total. The van der Waals surface area contributed by atoms with Crippen molar-refractivity contribution in [2.75, 3.05) is 0 Å². The van der Waals surface area contributed by atoms with Crippen molar-refractivity contribution in [2.45, 2.75) is 57.3 Å². The first-order valence-electron chi connectivity index (χ1n) is 4.31. The van der Waals surface area contributed by atoms with Crippen LogP contribution in [0.3, 0.4) is 0 Å². The van der Waals surface area contributed by atoms with Crippen molar-refractivity contribution in [3.8, 4) is 0 Å². The van der Waals surface area contributed by atoms with Crippen molar-refractivity contribution in [1.82, 2.24) is 0 Å². The fourth-order valence-corrected chi connectivity index (χ4v) is 8.42. The lowest BCUT2D eigenvalue weighted by Crippen LogP contribution is -2.14. The van der Waals surface area contributed by atoms with Crippen LogP contribution in [0.4, 0.5) is 0 Å². The molecule has 0 spiro atoms. The molecule has 0 aliphatic carbocycles. The minimum Gasteiger partial charge on any atom is -0.0684 e. The van der Waals surface area contributed by atoms with Gasteiger partial charge in [-0.15, -0.1) is 0 Å². The molecule has 0 radical (unpaired) electrons. The maximum absolute atomic E-state index is 2.55. The van der Waals surface area contributed by atoms with Gasteiger partial charge in [0.25, 0.3) is 0 Å². The van der Waals surface area contributed by atoms with Gasteiger partial charge in [-0.3, -0.25) is 0 Å². The standard InChI is InChI=1S/C9H20Si/c1-7-10(6)8(2,3)9(10,4)5/h7H2,1-6H3. The highest BCUT2D eigenvalue weighted by Gasteiger charge is 2.74. The van der Waals surface area contributed by atoms with Crippen LogP contribution < -0.4 is 0 Å². The van der Waals surface area contributed by atoms with Crippen molar-refractivity contribution >= 4 is 8.07 Å². The Morgan fingerprint density at radius 1 is 1.00 bits per heavy atom. The van der Waals surface area contributed by atoms with Gasteiger partial charge < -0.3 is 0 Å². The van der Waals surface area contributed by atoms with E-state index in [4.69, 9.17) is 0 Å². The average Bonchev–Trinajstić information content (AvgIpc) is 2.11. The summed E-state index contributed by atoms with van der Waals surface area (Å²) < 4.78 is 0. The summed E-state index contributed by atoms with van der Waals surface area (Å²) in [5, 5.41) is 1.38. The Labute approximate surface area is 66.0 Å². The van der Waals surface area contributed by atoms with Gasteiger partial charge in [0.1, 0.15) is 0 Å². The molecule has 10 heavy (non-hydrogen) atoms. The van der Waals surface area contributed by atoms with Gasteiger partial charge in [-0.05, 0) is 10.1 Å². The SMILES string of the molecule is CC[Si]1(C)C(C)(C)C1(C)C. The van der Waals surface area contributed by atoms with Crippen LogP contribution >= 0.6 is 0 Å². The van der Waals surface area contributed by atoms with Crippen molar-refractivity contribution in [2.24, 2.45) is 0 Å². The minimum absolute atomic E-state index is 0.689. The van der Waals surface area contributed by atoms with Crippen LogP contribution in [0.2, 0.25) is 22.7 Å². The molecule has 1 aliphatic rings. The number of hydrogen-bond acceptors (Lipinski definition) is 0. The first-order valence-corrected chi connectivity index (χ1v) is 7.02. The Balaban J connectivity index is 2.90. The van der Waals surface area contributed by atoms with E-state index < -0.39 is 8.07 Å². The van der Waals surface area contributed by atoms with Crippen LogP contribution in [0.25, 0.3) is 0 Å². The van der Waals surface area contributed by atoms with Gasteiger partial charge in [-0.25, -0.2) is 0 Å². The summed E-state index contributed by atoms with van der Waals surface area (Å²) in [4.78, 5) is 0. The quantitative estimate of drug-likeness (QED) is 0.508. The van der Waals surface area contributed by atoms with Crippen LogP contribution in [0.15, 0.2) is 0 Å². The van der Waals surface area contributed by atoms with Crippen LogP contribution in [-0.4, -0.2) is 8.07 Å². The third-order valence-corrected chi connectivity index (χ3v) is 12.9.